The molecule has 53 heavy (non-hydrogen) atoms. The van der Waals surface area contributed by atoms with Crippen LogP contribution in [0.3, 0.4) is 0 Å². The first-order chi connectivity index (χ1) is 25.8. The molecule has 13 heteroatoms. The van der Waals surface area contributed by atoms with Gasteiger partial charge >= 0.3 is 0 Å². The van der Waals surface area contributed by atoms with Crippen molar-refractivity contribution in [1.29, 1.82) is 0 Å². The van der Waals surface area contributed by atoms with E-state index in [4.69, 9.17) is 0 Å². The van der Waals surface area contributed by atoms with Crippen LogP contribution in [0.5, 0.6) is 0 Å². The molecule has 12 rings (SSSR count). The van der Waals surface area contributed by atoms with Gasteiger partial charge in [0.15, 0.2) is 0 Å². The van der Waals surface area contributed by atoms with E-state index in [1.165, 1.54) is 66.2 Å². The highest BCUT2D eigenvalue weighted by atomic mass is 19.1. The Morgan fingerprint density at radius 2 is 1.21 bits per heavy atom. The van der Waals surface area contributed by atoms with Gasteiger partial charge in [-0.1, -0.05) is 0 Å². The number of hydrogen-bond donors (Lipinski definition) is 2. The summed E-state index contributed by atoms with van der Waals surface area (Å²) in [6.07, 6.45) is 16.6. The number of rotatable bonds is 11. The van der Waals surface area contributed by atoms with E-state index in [0.717, 1.165) is 40.8 Å². The Morgan fingerprint density at radius 3 is 1.79 bits per heavy atom. The number of nitrogens with one attached hydrogen (secondary N) is 2. The maximum Gasteiger partial charge on any atom is 0.275 e. The fourth-order valence-electron chi connectivity index (χ4n) is 8.37. The van der Waals surface area contributed by atoms with Crippen molar-refractivity contribution >= 4 is 11.6 Å². The quantitative estimate of drug-likeness (QED) is 0.176. The Labute approximate surface area is 303 Å². The third kappa shape index (κ3) is 5.85. The van der Waals surface area contributed by atoms with E-state index >= 15 is 0 Å². The van der Waals surface area contributed by atoms with Crippen LogP contribution < -0.4 is 21.8 Å². The first-order valence-electron chi connectivity index (χ1n) is 18.0. The minimum Gasteiger partial charge on any atom is -0.365 e. The second kappa shape index (κ2) is 12.0. The summed E-state index contributed by atoms with van der Waals surface area (Å²) in [4.78, 5) is 44.7. The Kier molecular flexibility index (Phi) is 7.14. The van der Waals surface area contributed by atoms with E-state index in [1.807, 2.05) is 30.3 Å². The van der Waals surface area contributed by atoms with Gasteiger partial charge in [0.05, 0.1) is 36.2 Å². The molecule has 6 aliphatic carbocycles. The largest absolute Gasteiger partial charge is 0.365 e. The zero-order valence-corrected chi connectivity index (χ0v) is 28.7. The van der Waals surface area contributed by atoms with Crippen molar-refractivity contribution in [2.45, 2.75) is 62.7 Å². The van der Waals surface area contributed by atoms with Crippen molar-refractivity contribution < 1.29 is 4.39 Å². The van der Waals surface area contributed by atoms with E-state index < -0.39 is 5.82 Å². The summed E-state index contributed by atoms with van der Waals surface area (Å²) in [6, 6.07) is 15.8. The van der Waals surface area contributed by atoms with Crippen LogP contribution in [0.2, 0.25) is 0 Å². The lowest BCUT2D eigenvalue weighted by molar-refractivity contribution is 0.00169. The number of pyridine rings is 4. The van der Waals surface area contributed by atoms with E-state index in [2.05, 4.69) is 40.8 Å². The molecule has 264 valence electrons. The van der Waals surface area contributed by atoms with Crippen LogP contribution in [0.1, 0.15) is 49.7 Å². The first kappa shape index (κ1) is 31.6. The lowest BCUT2D eigenvalue weighted by Gasteiger charge is -2.62. The zero-order valence-electron chi connectivity index (χ0n) is 28.7. The molecule has 6 aliphatic rings. The van der Waals surface area contributed by atoms with Crippen LogP contribution in [-0.4, -0.2) is 50.6 Å². The number of nitrogens with zero attached hydrogens (tertiary/aromatic N) is 8. The molecule has 6 saturated carbocycles. The van der Waals surface area contributed by atoms with Gasteiger partial charge in [-0.15, -0.1) is 0 Å². The predicted molar refractivity (Wildman–Crippen MR) is 196 cm³/mol. The van der Waals surface area contributed by atoms with E-state index in [0.29, 0.717) is 33.6 Å². The van der Waals surface area contributed by atoms with Crippen molar-refractivity contribution in [1.82, 2.24) is 39.5 Å². The minimum atomic E-state index is -0.502. The smallest absolute Gasteiger partial charge is 0.275 e. The van der Waals surface area contributed by atoms with Gasteiger partial charge in [-0.25, -0.2) is 23.7 Å². The average Bonchev–Trinajstić information content (AvgIpc) is 3.09. The number of hydrogen-bond acceptors (Lipinski definition) is 10. The number of aromatic nitrogens is 8. The van der Waals surface area contributed by atoms with Crippen molar-refractivity contribution in [3.05, 3.63) is 129 Å². The third-order valence-electron chi connectivity index (χ3n) is 11.4. The summed E-state index contributed by atoms with van der Waals surface area (Å²) >= 11 is 0. The van der Waals surface area contributed by atoms with Gasteiger partial charge < -0.3 is 10.6 Å². The van der Waals surface area contributed by atoms with Gasteiger partial charge in [0.2, 0.25) is 0 Å². The lowest BCUT2D eigenvalue weighted by atomic mass is 9.50. The van der Waals surface area contributed by atoms with E-state index in [9.17, 15) is 14.0 Å². The molecular formula is C40H35FN10O2. The molecule has 0 aliphatic heterocycles. The third-order valence-corrected chi connectivity index (χ3v) is 11.4. The molecule has 12 nitrogen and oxygen atoms in total. The van der Waals surface area contributed by atoms with E-state index in [1.54, 1.807) is 36.9 Å². The van der Waals surface area contributed by atoms with Crippen molar-refractivity contribution in [3.8, 4) is 33.6 Å². The molecule has 0 saturated heterocycles. The average molecular weight is 707 g/mol. The SMILES string of the molecule is O=c1ccc(-c2ccc(NC34CC(C3)C4)nc2)nn1Cc1cncc(-c2cc(-c3ccc(NC45CC(C4)C5)nc3)nn(Cc3cncc(F)c3)c2=O)c1. The van der Waals surface area contributed by atoms with Crippen LogP contribution in [0.25, 0.3) is 33.6 Å². The highest BCUT2D eigenvalue weighted by Crippen LogP contribution is 2.59. The summed E-state index contributed by atoms with van der Waals surface area (Å²) < 4.78 is 16.8. The monoisotopic (exact) mass is 706 g/mol. The van der Waals surface area contributed by atoms with Crippen LogP contribution in [-0.2, 0) is 13.1 Å². The molecule has 0 unspecified atom stereocenters. The molecule has 0 radical (unpaired) electrons. The van der Waals surface area contributed by atoms with Crippen LogP contribution in [0.15, 0.2) is 101 Å². The lowest BCUT2D eigenvalue weighted by Crippen LogP contribution is -2.63. The normalized spacial score (nSPS) is 23.2. The Bertz CT molecular complexity index is 2480. The van der Waals surface area contributed by atoms with Crippen LogP contribution in [0.4, 0.5) is 16.0 Å². The molecule has 2 N–H and O–H groups in total. The molecule has 6 aromatic heterocycles. The minimum absolute atomic E-state index is 0.00759. The summed E-state index contributed by atoms with van der Waals surface area (Å²) in [5.74, 6) is 2.87. The Balaban J connectivity index is 0.945. The molecular weight excluding hydrogens is 672 g/mol. The van der Waals surface area contributed by atoms with Crippen LogP contribution in [0, 0.1) is 17.7 Å². The van der Waals surface area contributed by atoms with Gasteiger partial charge in [-0.2, -0.15) is 10.2 Å². The van der Waals surface area contributed by atoms with E-state index in [-0.39, 0.29) is 35.3 Å². The predicted octanol–water partition coefficient (Wildman–Crippen LogP) is 5.55. The zero-order chi connectivity index (χ0) is 35.7. The Hall–Kier alpha value is -6.11. The second-order valence-corrected chi connectivity index (χ2v) is 15.3. The maximum absolute atomic E-state index is 14.1. The summed E-state index contributed by atoms with van der Waals surface area (Å²) in [7, 11) is 0. The van der Waals surface area contributed by atoms with Crippen molar-refractivity contribution in [2.24, 2.45) is 11.8 Å². The highest BCUT2D eigenvalue weighted by molar-refractivity contribution is 5.69. The molecule has 0 spiro atoms. The molecule has 0 atom stereocenters. The molecule has 0 amide bonds. The summed E-state index contributed by atoms with van der Waals surface area (Å²) in [5.41, 5.74) is 4.46. The van der Waals surface area contributed by atoms with Gasteiger partial charge in [0, 0.05) is 64.8 Å². The summed E-state index contributed by atoms with van der Waals surface area (Å²) in [6.45, 7) is 0.139. The topological polar surface area (TPSA) is 145 Å². The highest BCUT2D eigenvalue weighted by Gasteiger charge is 2.57. The maximum atomic E-state index is 14.1. The second-order valence-electron chi connectivity index (χ2n) is 15.3. The molecule has 6 fully saturated rings. The summed E-state index contributed by atoms with van der Waals surface area (Å²) in [5, 5.41) is 16.5. The van der Waals surface area contributed by atoms with Crippen molar-refractivity contribution in [3.63, 3.8) is 0 Å². The molecule has 4 bridgehead atoms. The molecule has 6 heterocycles. The van der Waals surface area contributed by atoms with Gasteiger partial charge in [0.25, 0.3) is 11.1 Å². The van der Waals surface area contributed by atoms with Gasteiger partial charge in [-0.3, -0.25) is 19.6 Å². The fourth-order valence-corrected chi connectivity index (χ4v) is 8.37. The number of anilines is 2. The van der Waals surface area contributed by atoms with Gasteiger partial charge in [0.1, 0.15) is 17.5 Å². The van der Waals surface area contributed by atoms with Crippen molar-refractivity contribution in [2.75, 3.05) is 10.6 Å². The van der Waals surface area contributed by atoms with Crippen LogP contribution >= 0.6 is 0 Å². The molecule has 0 aromatic carbocycles. The Morgan fingerprint density at radius 1 is 0.623 bits per heavy atom. The molecule has 6 aromatic rings. The first-order valence-corrected chi connectivity index (χ1v) is 18.0. The standard InChI is InChI=1S/C40H35FN10O2/c41-31-8-25(17-43-21-31)23-51-38(53)32(9-34(49-51)29-2-5-36(45-20-29)47-40-13-27(14-40)15-40)30-7-24(16-42-18-30)22-50-37(52)6-3-33(48-50)28-1-4-35(44-19-28)46-39-10-26(11-39)12-39/h1-9,16-21,26-27H,10-15,22-23H2,(H,44,46)(H,45,47). The number of halogens is 1. The fraction of sp³-hybridized carbons (Fsp3) is 0.300. The van der Waals surface area contributed by atoms with Gasteiger partial charge in [-0.05, 0) is 110 Å².